The highest BCUT2D eigenvalue weighted by atomic mass is 16.5. The summed E-state index contributed by atoms with van der Waals surface area (Å²) in [5.41, 5.74) is 1.21. The van der Waals surface area contributed by atoms with Gasteiger partial charge < -0.3 is 4.74 Å². The van der Waals surface area contributed by atoms with Crippen molar-refractivity contribution in [2.45, 2.75) is 19.8 Å². The topological polar surface area (TPSA) is 29.5 Å². The molecule has 1 fully saturated rings. The van der Waals surface area contributed by atoms with Gasteiger partial charge in [-0.2, -0.15) is 0 Å². The SMILES string of the molecule is CCOC(=O)[C@@H]1CCCN(C/C=C/c2ccccc2)C1. The molecule has 1 heterocycles. The first kappa shape index (κ1) is 14.8. The van der Waals surface area contributed by atoms with Gasteiger partial charge in [0, 0.05) is 13.1 Å². The summed E-state index contributed by atoms with van der Waals surface area (Å²) in [7, 11) is 0. The maximum atomic E-state index is 11.8. The van der Waals surface area contributed by atoms with Crippen LogP contribution < -0.4 is 0 Å². The van der Waals surface area contributed by atoms with Crippen molar-refractivity contribution in [3.63, 3.8) is 0 Å². The molecule has 1 aromatic carbocycles. The molecule has 2 rings (SSSR count). The summed E-state index contributed by atoms with van der Waals surface area (Å²) in [5, 5.41) is 0. The average Bonchev–Trinajstić information content (AvgIpc) is 2.49. The van der Waals surface area contributed by atoms with Gasteiger partial charge in [0.15, 0.2) is 0 Å². The molecule has 0 amide bonds. The first-order valence-electron chi connectivity index (χ1n) is 7.40. The molecule has 1 aromatic rings. The molecule has 1 aliphatic rings. The number of hydrogen-bond donors (Lipinski definition) is 0. The lowest BCUT2D eigenvalue weighted by Crippen LogP contribution is -2.39. The van der Waals surface area contributed by atoms with Gasteiger partial charge in [0.25, 0.3) is 0 Å². The molecular weight excluding hydrogens is 250 g/mol. The maximum Gasteiger partial charge on any atom is 0.310 e. The zero-order valence-corrected chi connectivity index (χ0v) is 12.1. The Bertz CT molecular complexity index is 442. The molecule has 1 aliphatic heterocycles. The van der Waals surface area contributed by atoms with E-state index in [1.807, 2.05) is 25.1 Å². The minimum absolute atomic E-state index is 0.0377. The van der Waals surface area contributed by atoms with Crippen LogP contribution in [0, 0.1) is 5.92 Å². The predicted octanol–water partition coefficient (Wildman–Crippen LogP) is 2.97. The molecule has 0 aromatic heterocycles. The number of rotatable bonds is 5. The van der Waals surface area contributed by atoms with E-state index in [0.29, 0.717) is 6.61 Å². The van der Waals surface area contributed by atoms with Gasteiger partial charge in [-0.3, -0.25) is 9.69 Å². The van der Waals surface area contributed by atoms with Gasteiger partial charge in [-0.05, 0) is 31.9 Å². The second kappa shape index (κ2) is 7.85. The third-order valence-corrected chi connectivity index (χ3v) is 3.60. The third kappa shape index (κ3) is 4.49. The molecule has 1 saturated heterocycles. The molecule has 0 spiro atoms. The Hall–Kier alpha value is -1.61. The Kier molecular flexibility index (Phi) is 5.81. The van der Waals surface area contributed by atoms with Crippen LogP contribution in [0.25, 0.3) is 6.08 Å². The van der Waals surface area contributed by atoms with Gasteiger partial charge in [-0.25, -0.2) is 0 Å². The summed E-state index contributed by atoms with van der Waals surface area (Å²) in [6.45, 7) is 5.11. The van der Waals surface area contributed by atoms with Gasteiger partial charge in [-0.15, -0.1) is 0 Å². The molecule has 0 N–H and O–H groups in total. The van der Waals surface area contributed by atoms with Crippen LogP contribution in [-0.4, -0.2) is 37.1 Å². The molecule has 1 atom stereocenters. The Balaban J connectivity index is 1.81. The van der Waals surface area contributed by atoms with Crippen LogP contribution >= 0.6 is 0 Å². The first-order valence-corrected chi connectivity index (χ1v) is 7.40. The largest absolute Gasteiger partial charge is 0.466 e. The molecule has 0 saturated carbocycles. The molecule has 0 unspecified atom stereocenters. The van der Waals surface area contributed by atoms with E-state index in [1.165, 1.54) is 5.56 Å². The Morgan fingerprint density at radius 3 is 2.95 bits per heavy atom. The number of carbonyl (C=O) groups excluding carboxylic acids is 1. The van der Waals surface area contributed by atoms with E-state index in [9.17, 15) is 4.79 Å². The van der Waals surface area contributed by atoms with Gasteiger partial charge in [0.1, 0.15) is 0 Å². The monoisotopic (exact) mass is 273 g/mol. The van der Waals surface area contributed by atoms with Crippen LogP contribution in [0.2, 0.25) is 0 Å². The summed E-state index contributed by atoms with van der Waals surface area (Å²) < 4.78 is 5.12. The van der Waals surface area contributed by atoms with Crippen LogP contribution in [0.15, 0.2) is 36.4 Å². The molecule has 3 heteroatoms. The van der Waals surface area contributed by atoms with Crippen molar-refractivity contribution in [1.82, 2.24) is 4.90 Å². The van der Waals surface area contributed by atoms with E-state index in [2.05, 4.69) is 29.2 Å². The minimum Gasteiger partial charge on any atom is -0.466 e. The van der Waals surface area contributed by atoms with Gasteiger partial charge in [-0.1, -0.05) is 42.5 Å². The van der Waals surface area contributed by atoms with Crippen molar-refractivity contribution >= 4 is 12.0 Å². The quantitative estimate of drug-likeness (QED) is 0.772. The second-order valence-electron chi connectivity index (χ2n) is 5.16. The van der Waals surface area contributed by atoms with E-state index < -0.39 is 0 Å². The van der Waals surface area contributed by atoms with Crippen molar-refractivity contribution in [3.8, 4) is 0 Å². The maximum absolute atomic E-state index is 11.8. The summed E-state index contributed by atoms with van der Waals surface area (Å²) in [4.78, 5) is 14.1. The van der Waals surface area contributed by atoms with E-state index in [0.717, 1.165) is 32.5 Å². The predicted molar refractivity (Wildman–Crippen MR) is 81.3 cm³/mol. The summed E-state index contributed by atoms with van der Waals surface area (Å²) in [6.07, 6.45) is 6.33. The van der Waals surface area contributed by atoms with Crippen molar-refractivity contribution in [3.05, 3.63) is 42.0 Å². The molecule has 3 nitrogen and oxygen atoms in total. The van der Waals surface area contributed by atoms with Crippen LogP contribution in [-0.2, 0) is 9.53 Å². The summed E-state index contributed by atoms with van der Waals surface area (Å²) >= 11 is 0. The van der Waals surface area contributed by atoms with Crippen molar-refractivity contribution in [2.24, 2.45) is 5.92 Å². The zero-order valence-electron chi connectivity index (χ0n) is 12.1. The molecule has 0 radical (unpaired) electrons. The summed E-state index contributed by atoms with van der Waals surface area (Å²) in [5.74, 6) is 0.0121. The number of ether oxygens (including phenoxy) is 1. The zero-order chi connectivity index (χ0) is 14.2. The second-order valence-corrected chi connectivity index (χ2v) is 5.16. The van der Waals surface area contributed by atoms with Crippen LogP contribution in [0.1, 0.15) is 25.3 Å². The van der Waals surface area contributed by atoms with Gasteiger partial charge in [0.05, 0.1) is 12.5 Å². The van der Waals surface area contributed by atoms with Crippen LogP contribution in [0.3, 0.4) is 0 Å². The van der Waals surface area contributed by atoms with Gasteiger partial charge in [0.2, 0.25) is 0 Å². The highest BCUT2D eigenvalue weighted by Gasteiger charge is 2.25. The lowest BCUT2D eigenvalue weighted by atomic mass is 9.98. The fourth-order valence-electron chi connectivity index (χ4n) is 2.58. The Morgan fingerprint density at radius 2 is 2.20 bits per heavy atom. The molecule has 108 valence electrons. The molecule has 20 heavy (non-hydrogen) atoms. The smallest absolute Gasteiger partial charge is 0.310 e. The number of hydrogen-bond acceptors (Lipinski definition) is 3. The molecule has 0 bridgehead atoms. The highest BCUT2D eigenvalue weighted by Crippen LogP contribution is 2.17. The highest BCUT2D eigenvalue weighted by molar-refractivity contribution is 5.72. The number of nitrogens with zero attached hydrogens (tertiary/aromatic N) is 1. The fourth-order valence-corrected chi connectivity index (χ4v) is 2.58. The number of esters is 1. The lowest BCUT2D eigenvalue weighted by Gasteiger charge is -2.30. The van der Waals surface area contributed by atoms with Gasteiger partial charge >= 0.3 is 5.97 Å². The van der Waals surface area contributed by atoms with E-state index >= 15 is 0 Å². The number of piperidine rings is 1. The van der Waals surface area contributed by atoms with Crippen molar-refractivity contribution < 1.29 is 9.53 Å². The average molecular weight is 273 g/mol. The number of likely N-dealkylation sites (tertiary alicyclic amines) is 1. The first-order chi connectivity index (χ1) is 9.79. The van der Waals surface area contributed by atoms with Crippen molar-refractivity contribution in [2.75, 3.05) is 26.2 Å². The van der Waals surface area contributed by atoms with Crippen molar-refractivity contribution in [1.29, 1.82) is 0 Å². The van der Waals surface area contributed by atoms with E-state index in [-0.39, 0.29) is 11.9 Å². The summed E-state index contributed by atoms with van der Waals surface area (Å²) in [6, 6.07) is 10.3. The Morgan fingerprint density at radius 1 is 1.40 bits per heavy atom. The normalized spacial score (nSPS) is 20.1. The lowest BCUT2D eigenvalue weighted by molar-refractivity contribution is -0.149. The van der Waals surface area contributed by atoms with E-state index in [4.69, 9.17) is 4.74 Å². The number of carbonyl (C=O) groups is 1. The van der Waals surface area contributed by atoms with Crippen LogP contribution in [0.5, 0.6) is 0 Å². The third-order valence-electron chi connectivity index (χ3n) is 3.60. The Labute approximate surface area is 121 Å². The van der Waals surface area contributed by atoms with E-state index in [1.54, 1.807) is 0 Å². The van der Waals surface area contributed by atoms with Crippen LogP contribution in [0.4, 0.5) is 0 Å². The number of benzene rings is 1. The molecule has 0 aliphatic carbocycles. The molecular formula is C17H23NO2. The standard InChI is InChI=1S/C17H23NO2/c1-2-20-17(19)16-11-7-13-18(14-16)12-6-10-15-8-4-3-5-9-15/h3-6,8-10,16H,2,7,11-14H2,1H3/b10-6+/t16-/m1/s1. The fraction of sp³-hybridized carbons (Fsp3) is 0.471. The minimum atomic E-state index is -0.0377.